The van der Waals surface area contributed by atoms with Gasteiger partial charge in [-0.2, -0.15) is 0 Å². The van der Waals surface area contributed by atoms with Crippen LogP contribution in [0.3, 0.4) is 0 Å². The first-order valence-electron chi connectivity index (χ1n) is 10.3. The Morgan fingerprint density at radius 1 is 0.933 bits per heavy atom. The first-order chi connectivity index (χ1) is 14.8. The second-order valence-electron chi connectivity index (χ2n) is 7.28. The fourth-order valence-corrected chi connectivity index (χ4v) is 3.62. The van der Waals surface area contributed by atoms with Gasteiger partial charge in [-0.3, -0.25) is 9.89 Å². The van der Waals surface area contributed by atoms with Gasteiger partial charge < -0.3 is 18.6 Å². The summed E-state index contributed by atoms with van der Waals surface area (Å²) in [6, 6.07) is 15.7. The molecule has 0 aliphatic carbocycles. The van der Waals surface area contributed by atoms with Crippen LogP contribution >= 0.6 is 0 Å². The first kappa shape index (κ1) is 20.4. The molecule has 6 nitrogen and oxygen atoms in total. The quantitative estimate of drug-likeness (QED) is 0.558. The number of methoxy groups -OCH3 is 2. The first-order valence-corrected chi connectivity index (χ1v) is 10.3. The summed E-state index contributed by atoms with van der Waals surface area (Å²) < 4.78 is 22.3. The van der Waals surface area contributed by atoms with Crippen molar-refractivity contribution in [1.29, 1.82) is 0 Å². The second-order valence-corrected chi connectivity index (χ2v) is 7.28. The van der Waals surface area contributed by atoms with Crippen LogP contribution in [0.4, 0.5) is 0 Å². The van der Waals surface area contributed by atoms with E-state index in [-0.39, 0.29) is 0 Å². The lowest BCUT2D eigenvalue weighted by Gasteiger charge is -2.26. The standard InChI is InChI=1S/C24H28N2O4/c1-27-19-6-4-18(5-7-19)24-17-22(21-16-20(28-2)8-9-23(21)30-24)25-10-3-11-26-12-14-29-15-13-26/h4-9,16-17H,3,10-15H2,1-2H3. The highest BCUT2D eigenvalue weighted by atomic mass is 16.5. The van der Waals surface area contributed by atoms with Gasteiger partial charge in [0.1, 0.15) is 22.8 Å². The maximum absolute atomic E-state index is 6.18. The third kappa shape index (κ3) is 4.83. The van der Waals surface area contributed by atoms with Crippen LogP contribution in [0.1, 0.15) is 6.42 Å². The highest BCUT2D eigenvalue weighted by Crippen LogP contribution is 2.26. The average Bonchev–Trinajstić information content (AvgIpc) is 2.82. The summed E-state index contributed by atoms with van der Waals surface area (Å²) in [5.74, 6) is 2.39. The van der Waals surface area contributed by atoms with Gasteiger partial charge in [0.25, 0.3) is 0 Å². The minimum absolute atomic E-state index is 0.760. The molecule has 0 atom stereocenters. The Balaban J connectivity index is 1.63. The molecule has 0 unspecified atom stereocenters. The van der Waals surface area contributed by atoms with Crippen LogP contribution in [0, 0.1) is 0 Å². The van der Waals surface area contributed by atoms with Crippen molar-refractivity contribution < 1.29 is 18.6 Å². The molecule has 6 heteroatoms. The summed E-state index contributed by atoms with van der Waals surface area (Å²) in [5, 5.41) is 1.88. The zero-order chi connectivity index (χ0) is 20.8. The lowest BCUT2D eigenvalue weighted by atomic mass is 10.1. The molecule has 0 radical (unpaired) electrons. The van der Waals surface area contributed by atoms with Crippen LogP contribution in [-0.4, -0.2) is 58.5 Å². The number of fused-ring (bicyclic) bond motifs is 1. The minimum atomic E-state index is 0.760. The molecule has 30 heavy (non-hydrogen) atoms. The third-order valence-corrected chi connectivity index (χ3v) is 5.34. The molecule has 0 amide bonds. The second kappa shape index (κ2) is 9.78. The van der Waals surface area contributed by atoms with Gasteiger partial charge in [-0.1, -0.05) is 0 Å². The monoisotopic (exact) mass is 408 g/mol. The van der Waals surface area contributed by atoms with E-state index in [9.17, 15) is 0 Å². The SMILES string of the molecule is COc1ccc(-c2cc(=NCCCN3CCOCC3)c3cc(OC)ccc3o2)cc1. The number of rotatable bonds is 7. The minimum Gasteiger partial charge on any atom is -0.497 e. The number of hydrogen-bond donors (Lipinski definition) is 0. The summed E-state index contributed by atoms with van der Waals surface area (Å²) in [6.07, 6.45) is 1.01. The average molecular weight is 408 g/mol. The van der Waals surface area contributed by atoms with Gasteiger partial charge in [-0.25, -0.2) is 0 Å². The number of nitrogens with zero attached hydrogens (tertiary/aromatic N) is 2. The van der Waals surface area contributed by atoms with Gasteiger partial charge in [0.05, 0.1) is 32.8 Å². The van der Waals surface area contributed by atoms with E-state index < -0.39 is 0 Å². The van der Waals surface area contributed by atoms with Crippen molar-refractivity contribution in [3.8, 4) is 22.8 Å². The largest absolute Gasteiger partial charge is 0.497 e. The predicted molar refractivity (Wildman–Crippen MR) is 117 cm³/mol. The molecule has 0 bridgehead atoms. The smallest absolute Gasteiger partial charge is 0.137 e. The number of morpholine rings is 1. The van der Waals surface area contributed by atoms with E-state index in [2.05, 4.69) is 4.90 Å². The Morgan fingerprint density at radius 2 is 1.67 bits per heavy atom. The Kier molecular flexibility index (Phi) is 6.67. The van der Waals surface area contributed by atoms with Crippen molar-refractivity contribution in [1.82, 2.24) is 4.90 Å². The van der Waals surface area contributed by atoms with Crippen molar-refractivity contribution >= 4 is 11.0 Å². The van der Waals surface area contributed by atoms with Crippen molar-refractivity contribution in [2.24, 2.45) is 4.99 Å². The molecule has 1 aliphatic heterocycles. The molecule has 2 heterocycles. The molecular formula is C24H28N2O4. The Hall–Kier alpha value is -2.83. The van der Waals surface area contributed by atoms with Crippen LogP contribution in [-0.2, 0) is 4.74 Å². The molecule has 4 rings (SSSR count). The van der Waals surface area contributed by atoms with Gasteiger partial charge in [0, 0.05) is 43.2 Å². The van der Waals surface area contributed by atoms with Crippen molar-refractivity contribution in [3.05, 3.63) is 53.9 Å². The molecule has 1 aliphatic rings. The van der Waals surface area contributed by atoms with E-state index in [0.29, 0.717) is 0 Å². The Morgan fingerprint density at radius 3 is 2.40 bits per heavy atom. The summed E-state index contributed by atoms with van der Waals surface area (Å²) >= 11 is 0. The van der Waals surface area contributed by atoms with Crippen molar-refractivity contribution in [2.75, 3.05) is 53.6 Å². The molecule has 0 saturated carbocycles. The molecule has 0 N–H and O–H groups in total. The van der Waals surface area contributed by atoms with Crippen LogP contribution in [0.5, 0.6) is 11.5 Å². The number of hydrogen-bond acceptors (Lipinski definition) is 6. The summed E-state index contributed by atoms with van der Waals surface area (Å²) in [5.41, 5.74) is 1.77. The molecular weight excluding hydrogens is 380 g/mol. The van der Waals surface area contributed by atoms with E-state index in [1.165, 1.54) is 0 Å². The van der Waals surface area contributed by atoms with E-state index in [0.717, 1.165) is 85.0 Å². The normalized spacial score (nSPS) is 15.5. The maximum Gasteiger partial charge on any atom is 0.137 e. The van der Waals surface area contributed by atoms with Crippen molar-refractivity contribution in [2.45, 2.75) is 6.42 Å². The Bertz CT molecular complexity index is 1040. The van der Waals surface area contributed by atoms with Gasteiger partial charge >= 0.3 is 0 Å². The summed E-state index contributed by atoms with van der Waals surface area (Å²) in [4.78, 5) is 7.35. The molecule has 3 aromatic rings. The summed E-state index contributed by atoms with van der Waals surface area (Å²) in [6.45, 7) is 5.46. The highest BCUT2D eigenvalue weighted by molar-refractivity contribution is 5.80. The van der Waals surface area contributed by atoms with Gasteiger partial charge in [0.15, 0.2) is 0 Å². The summed E-state index contributed by atoms with van der Waals surface area (Å²) in [7, 11) is 3.33. The topological polar surface area (TPSA) is 56.4 Å². The van der Waals surface area contributed by atoms with Gasteiger partial charge in [-0.05, 0) is 48.9 Å². The van der Waals surface area contributed by atoms with Gasteiger partial charge in [-0.15, -0.1) is 0 Å². The predicted octanol–water partition coefficient (Wildman–Crippen LogP) is 3.74. The fraction of sp³-hybridized carbons (Fsp3) is 0.375. The van der Waals surface area contributed by atoms with Crippen LogP contribution in [0.15, 0.2) is 57.9 Å². The van der Waals surface area contributed by atoms with Crippen LogP contribution in [0.2, 0.25) is 0 Å². The van der Waals surface area contributed by atoms with E-state index in [4.69, 9.17) is 23.6 Å². The molecule has 1 saturated heterocycles. The van der Waals surface area contributed by atoms with Crippen LogP contribution in [0.25, 0.3) is 22.3 Å². The molecule has 1 aromatic heterocycles. The number of benzene rings is 2. The molecule has 0 spiro atoms. The van der Waals surface area contributed by atoms with E-state index in [1.807, 2.05) is 48.5 Å². The zero-order valence-electron chi connectivity index (χ0n) is 17.6. The van der Waals surface area contributed by atoms with Gasteiger partial charge in [0.2, 0.25) is 0 Å². The molecule has 1 fully saturated rings. The van der Waals surface area contributed by atoms with E-state index >= 15 is 0 Å². The highest BCUT2D eigenvalue weighted by Gasteiger charge is 2.10. The van der Waals surface area contributed by atoms with Crippen LogP contribution < -0.4 is 14.8 Å². The maximum atomic E-state index is 6.18. The lowest BCUT2D eigenvalue weighted by molar-refractivity contribution is 0.0377. The zero-order valence-corrected chi connectivity index (χ0v) is 17.6. The Labute approximate surface area is 176 Å². The van der Waals surface area contributed by atoms with Crippen molar-refractivity contribution in [3.63, 3.8) is 0 Å². The number of ether oxygens (including phenoxy) is 3. The molecule has 2 aromatic carbocycles. The molecule has 158 valence electrons. The van der Waals surface area contributed by atoms with E-state index in [1.54, 1.807) is 14.2 Å². The lowest BCUT2D eigenvalue weighted by Crippen LogP contribution is -2.37. The third-order valence-electron chi connectivity index (χ3n) is 5.34. The fourth-order valence-electron chi connectivity index (χ4n) is 3.62.